The smallest absolute Gasteiger partial charge is 0.219 e. The van der Waals surface area contributed by atoms with E-state index >= 15 is 0 Å². The number of aryl methyl sites for hydroxylation is 2. The largest absolute Gasteiger partial charge is 0.439 e. The number of nitriles is 3. The van der Waals surface area contributed by atoms with Gasteiger partial charge in [-0.1, -0.05) is 57.5 Å². The molecule has 12 aromatic rings. The molecule has 3 N–H and O–H groups in total. The number of aldehydes is 1. The molecule has 0 aliphatic rings. The Balaban J connectivity index is 0.000000188. The number of H-pyrrole nitrogens is 1. The first-order valence-corrected chi connectivity index (χ1v) is 41.0. The number of carbonyl (C=O) groups is 1. The molecular weight excluding hydrogens is 1300 g/mol. The maximum atomic E-state index is 10.9. The fourth-order valence-corrected chi connectivity index (χ4v) is 11.5. The summed E-state index contributed by atoms with van der Waals surface area (Å²) in [4.78, 5) is 37.9. The lowest BCUT2D eigenvalue weighted by Crippen LogP contribution is -2.22. The van der Waals surface area contributed by atoms with E-state index in [2.05, 4.69) is 104 Å². The van der Waals surface area contributed by atoms with Crippen molar-refractivity contribution in [3.05, 3.63) is 200 Å². The van der Waals surface area contributed by atoms with E-state index in [1.54, 1.807) is 43.2 Å². The minimum Gasteiger partial charge on any atom is -0.439 e. The normalized spacial score (nSPS) is 11.0. The van der Waals surface area contributed by atoms with E-state index in [1.165, 1.54) is 0 Å². The minimum atomic E-state index is -1.11. The van der Waals surface area contributed by atoms with Gasteiger partial charge in [0.1, 0.15) is 36.4 Å². The highest BCUT2D eigenvalue weighted by Crippen LogP contribution is 2.31. The van der Waals surface area contributed by atoms with Crippen LogP contribution in [-0.2, 0) is 35.8 Å². The fourth-order valence-electron chi connectivity index (χ4n) is 10.0. The summed E-state index contributed by atoms with van der Waals surface area (Å²) in [6, 6.07) is 54.7. The van der Waals surface area contributed by atoms with Crippen molar-refractivity contribution in [1.29, 1.82) is 15.8 Å². The molecule has 0 spiro atoms. The predicted molar refractivity (Wildman–Crippen MR) is 400 cm³/mol. The number of aromatic nitrogens is 12. The number of hydrogen-bond donors (Lipinski definition) is 2. The lowest BCUT2D eigenvalue weighted by molar-refractivity contribution is 0.0797. The monoisotopic (exact) mass is 1390 g/mol. The molecule has 0 unspecified atom stereocenters. The van der Waals surface area contributed by atoms with Gasteiger partial charge in [0.05, 0.1) is 51.8 Å². The number of nitrogens with zero attached hydrogens (tertiary/aromatic N) is 14. The third-order valence-corrected chi connectivity index (χ3v) is 19.0. The second-order valence-corrected chi connectivity index (χ2v) is 37.3. The van der Waals surface area contributed by atoms with Crippen LogP contribution in [0.5, 0.6) is 34.9 Å². The maximum absolute atomic E-state index is 10.9. The summed E-state index contributed by atoms with van der Waals surface area (Å²) in [6.07, 6.45) is 18.5. The number of carbonyl (C=O) groups excluding carboxylic acids is 1. The molecular formula is C77H86N16O6Si2. The molecule has 24 heteroatoms. The van der Waals surface area contributed by atoms with Crippen molar-refractivity contribution in [3.8, 4) is 86.9 Å². The Bertz CT molecular complexity index is 4720. The SMILES string of the molecule is C[Si](C)(C)CCOCn1nccc1-c1ccc(Oc2ccc3nc(C=O)ccc3c2)nc1.C[Si](C)(C)CCOCn1nccc1-c1ccc(Oc2ccc3nc(CCCCC#N)ccc3c2)nc1.N#CCCCCc1ccc2cc(Oc3ccc(-c4ccn[nH]4)cn3)ccc2n1.N#CCCN.[2HH]. The molecule has 0 fully saturated rings. The van der Waals surface area contributed by atoms with Gasteiger partial charge < -0.3 is 29.4 Å². The standard InChI is InChI=1S/C28H33N5O2Si.C24H26N4O3Si.C22H19N5O.C3H6N2.H2/c1-36(2,3)18-17-34-21-33-27(14-16-31-33)23-9-13-28(30-20-23)35-25-11-12-26-22(19-25)8-10-24(32-26)7-5-4-6-15-29;1-32(2,3)13-12-30-17-28-23(10-11-26-28)19-5-9-24(25-15-19)31-21-7-8-22-18(14-21)4-6-20(16-29)27-22;23-12-3-1-2-4-18-7-5-16-14-19(8-9-20(16)26-18)28-22-10-6-17(15-24-22)21-11-13-25-27-21;4-2-1-3-5;/h8-14,16,19-20H,4-7,17-18,21H2,1-3H3;4-11,14-16H,12-13,17H2,1-3H3;5-11,13-15H,1-4H2,(H,25,27);1-2,4H2;1H/i;;;;1+1. The lowest BCUT2D eigenvalue weighted by Gasteiger charge is -2.16. The molecule has 22 nitrogen and oxygen atoms in total. The zero-order valence-electron chi connectivity index (χ0n) is 58.0. The van der Waals surface area contributed by atoms with Crippen LogP contribution >= 0.6 is 0 Å². The van der Waals surface area contributed by atoms with E-state index in [0.717, 1.165) is 154 Å². The number of rotatable bonds is 29. The maximum Gasteiger partial charge on any atom is 0.219 e. The summed E-state index contributed by atoms with van der Waals surface area (Å²) in [6.45, 7) is 16.9. The average molecular weight is 1390 g/mol. The molecule has 0 amide bonds. The minimum absolute atomic E-state index is 0. The molecule has 3 aromatic carbocycles. The van der Waals surface area contributed by atoms with Gasteiger partial charge in [0.2, 0.25) is 17.6 Å². The van der Waals surface area contributed by atoms with Gasteiger partial charge in [-0.3, -0.25) is 19.9 Å². The second-order valence-electron chi connectivity index (χ2n) is 26.0. The quantitative estimate of drug-likeness (QED) is 0.0250. The van der Waals surface area contributed by atoms with Gasteiger partial charge in [-0.25, -0.2) is 29.3 Å². The molecule has 9 aromatic heterocycles. The highest BCUT2D eigenvalue weighted by Gasteiger charge is 2.16. The zero-order valence-corrected chi connectivity index (χ0v) is 60.0. The topological polar surface area (TPSA) is 302 Å². The number of nitrogens with two attached hydrogens (primary N) is 1. The molecule has 101 heavy (non-hydrogen) atoms. The van der Waals surface area contributed by atoms with Crippen LogP contribution in [0.15, 0.2) is 183 Å². The van der Waals surface area contributed by atoms with Crippen molar-refractivity contribution in [3.63, 3.8) is 0 Å². The third-order valence-electron chi connectivity index (χ3n) is 15.6. The van der Waals surface area contributed by atoms with E-state index in [1.807, 2.05) is 143 Å². The van der Waals surface area contributed by atoms with Crippen molar-refractivity contribution in [2.45, 2.75) is 123 Å². The van der Waals surface area contributed by atoms with Gasteiger partial charge in [-0.05, 0) is 160 Å². The molecule has 0 radical (unpaired) electrons. The number of benzene rings is 3. The highest BCUT2D eigenvalue weighted by molar-refractivity contribution is 6.76. The van der Waals surface area contributed by atoms with Crippen molar-refractivity contribution >= 4 is 55.1 Å². The van der Waals surface area contributed by atoms with Crippen LogP contribution < -0.4 is 19.9 Å². The van der Waals surface area contributed by atoms with Crippen LogP contribution in [0.2, 0.25) is 51.4 Å². The van der Waals surface area contributed by atoms with Gasteiger partial charge in [-0.15, -0.1) is 0 Å². The van der Waals surface area contributed by atoms with Gasteiger partial charge in [-0.2, -0.15) is 31.1 Å². The van der Waals surface area contributed by atoms with E-state index in [4.69, 9.17) is 55.2 Å². The van der Waals surface area contributed by atoms with Crippen molar-refractivity contribution in [2.75, 3.05) is 19.8 Å². The number of ether oxygens (including phenoxy) is 5. The summed E-state index contributed by atoms with van der Waals surface area (Å²) >= 11 is 0. The molecule has 12 rings (SSSR count). The van der Waals surface area contributed by atoms with Crippen LogP contribution in [0.4, 0.5) is 0 Å². The van der Waals surface area contributed by atoms with E-state index < -0.39 is 16.1 Å². The number of fused-ring (bicyclic) bond motifs is 3. The van der Waals surface area contributed by atoms with Crippen molar-refractivity contribution in [1.82, 2.24) is 59.7 Å². The summed E-state index contributed by atoms with van der Waals surface area (Å²) in [5, 5.41) is 43.6. The molecule has 0 bridgehead atoms. The first-order valence-electron chi connectivity index (χ1n) is 33.6. The van der Waals surface area contributed by atoms with E-state index in [0.29, 0.717) is 74.1 Å². The Morgan fingerprint density at radius 1 is 0.495 bits per heavy atom. The lowest BCUT2D eigenvalue weighted by atomic mass is 10.1. The van der Waals surface area contributed by atoms with Gasteiger partial charge in [0.25, 0.3) is 0 Å². The number of aromatic amines is 1. The summed E-state index contributed by atoms with van der Waals surface area (Å²) in [5.41, 5.74) is 15.7. The molecule has 9 heterocycles. The van der Waals surface area contributed by atoms with E-state index in [9.17, 15) is 4.79 Å². The van der Waals surface area contributed by atoms with E-state index in [-0.39, 0.29) is 1.43 Å². The Hall–Kier alpha value is -11.2. The molecule has 0 saturated heterocycles. The van der Waals surface area contributed by atoms with Crippen LogP contribution in [-0.4, -0.2) is 102 Å². The number of hydrogen-bond acceptors (Lipinski definition) is 19. The Morgan fingerprint density at radius 2 is 0.931 bits per heavy atom. The summed E-state index contributed by atoms with van der Waals surface area (Å²) < 4.78 is 33.2. The molecule has 0 atom stereocenters. The number of nitrogens with one attached hydrogen (secondary N) is 1. The van der Waals surface area contributed by atoms with Crippen LogP contribution in [0.1, 0.15) is 68.2 Å². The molecule has 518 valence electrons. The summed E-state index contributed by atoms with van der Waals surface area (Å²) in [7, 11) is -2.22. The zero-order chi connectivity index (χ0) is 71.2. The van der Waals surface area contributed by atoms with Gasteiger partial charge in [0, 0.05) is 156 Å². The Morgan fingerprint density at radius 3 is 1.31 bits per heavy atom. The molecule has 0 saturated carbocycles. The van der Waals surface area contributed by atoms with Gasteiger partial charge in [0.15, 0.2) is 6.29 Å². The molecule has 0 aliphatic heterocycles. The van der Waals surface area contributed by atoms with Crippen molar-refractivity contribution < 1.29 is 29.9 Å². The number of pyridine rings is 6. The van der Waals surface area contributed by atoms with Gasteiger partial charge >= 0.3 is 0 Å². The van der Waals surface area contributed by atoms with Crippen molar-refractivity contribution in [2.24, 2.45) is 5.73 Å². The fraction of sp³-hybridized carbons (Fsp3) is 0.286. The van der Waals surface area contributed by atoms with Crippen LogP contribution in [0.3, 0.4) is 0 Å². The van der Waals surface area contributed by atoms with Crippen LogP contribution in [0.25, 0.3) is 66.5 Å². The molecule has 0 aliphatic carbocycles. The predicted octanol–water partition coefficient (Wildman–Crippen LogP) is 17.4. The second kappa shape index (κ2) is 37.7. The number of unbranched alkanes of at least 4 members (excludes halogenated alkanes) is 4. The Labute approximate surface area is 592 Å². The Kier molecular flexibility index (Phi) is 27.6. The van der Waals surface area contributed by atoms with Crippen LogP contribution in [0, 0.1) is 34.0 Å². The first-order chi connectivity index (χ1) is 49.0. The highest BCUT2D eigenvalue weighted by atomic mass is 28.3. The first kappa shape index (κ1) is 74.1. The average Bonchev–Trinajstić information content (AvgIpc) is 0.878. The third kappa shape index (κ3) is 23.8. The summed E-state index contributed by atoms with van der Waals surface area (Å²) in [5.74, 6) is 3.63.